The Balaban J connectivity index is 2.16. The maximum absolute atomic E-state index is 12.7. The molecule has 2 unspecified atom stereocenters. The third-order valence-electron chi connectivity index (χ3n) is 4.77. The molecule has 0 saturated heterocycles. The normalized spacial score (nSPS) is 30.6. The summed E-state index contributed by atoms with van der Waals surface area (Å²) in [5.41, 5.74) is 2.29. The Morgan fingerprint density at radius 3 is 2.94 bits per heavy atom. The van der Waals surface area contributed by atoms with Crippen LogP contribution in [0, 0.1) is 5.92 Å². The molecular weight excluding hydrogens is 224 g/mol. The fraction of sp³-hybridized carbons (Fsp3) is 0.562. The number of carbonyl (C=O) groups is 1. The van der Waals surface area contributed by atoms with Crippen LogP contribution >= 0.6 is 0 Å². The van der Waals surface area contributed by atoms with Gasteiger partial charge in [0, 0.05) is 5.92 Å². The van der Waals surface area contributed by atoms with Gasteiger partial charge in [-0.25, -0.2) is 0 Å². The van der Waals surface area contributed by atoms with Crippen molar-refractivity contribution in [1.82, 2.24) is 0 Å². The molecule has 0 aromatic heterocycles. The van der Waals surface area contributed by atoms with Crippen molar-refractivity contribution in [3.63, 3.8) is 0 Å². The van der Waals surface area contributed by atoms with E-state index in [1.165, 1.54) is 17.5 Å². The molecule has 2 atom stereocenters. The summed E-state index contributed by atoms with van der Waals surface area (Å²) in [6.45, 7) is 2.13. The van der Waals surface area contributed by atoms with Gasteiger partial charge in [0.05, 0.1) is 12.5 Å². The topological polar surface area (TPSA) is 26.3 Å². The van der Waals surface area contributed by atoms with Crippen LogP contribution in [-0.2, 0) is 16.6 Å². The van der Waals surface area contributed by atoms with Gasteiger partial charge in [-0.1, -0.05) is 18.9 Å². The van der Waals surface area contributed by atoms with Gasteiger partial charge in [-0.3, -0.25) is 4.79 Å². The fourth-order valence-corrected chi connectivity index (χ4v) is 3.68. The van der Waals surface area contributed by atoms with Gasteiger partial charge in [-0.15, -0.1) is 0 Å². The number of fused-ring (bicyclic) bond motifs is 4. The van der Waals surface area contributed by atoms with Gasteiger partial charge in [0.2, 0.25) is 0 Å². The first-order chi connectivity index (χ1) is 8.65. The summed E-state index contributed by atoms with van der Waals surface area (Å²) in [5.74, 6) is 1.57. The van der Waals surface area contributed by atoms with Gasteiger partial charge in [0.15, 0.2) is 0 Å². The molecule has 1 aromatic carbocycles. The van der Waals surface area contributed by atoms with Crippen LogP contribution in [0.15, 0.2) is 18.2 Å². The molecule has 2 heteroatoms. The van der Waals surface area contributed by atoms with Gasteiger partial charge in [-0.2, -0.15) is 0 Å². The molecule has 2 aliphatic carbocycles. The van der Waals surface area contributed by atoms with E-state index in [-0.39, 0.29) is 11.3 Å². The molecule has 0 spiro atoms. The minimum absolute atomic E-state index is 0.249. The standard InChI is InChI=1S/C16H20O2/c1-16-8-4-3-5-12(15(16)17)9-11-6-7-13(18-2)10-14(11)16/h6-7,10,12H,3-5,8-9H2,1-2H3. The van der Waals surface area contributed by atoms with Gasteiger partial charge in [-0.05, 0) is 49.4 Å². The number of hydrogen-bond donors (Lipinski definition) is 0. The summed E-state index contributed by atoms with van der Waals surface area (Å²) < 4.78 is 5.32. The zero-order valence-electron chi connectivity index (χ0n) is 11.2. The van der Waals surface area contributed by atoms with E-state index in [9.17, 15) is 4.79 Å². The highest BCUT2D eigenvalue weighted by Gasteiger charge is 2.45. The molecule has 96 valence electrons. The molecule has 1 aromatic rings. The Hall–Kier alpha value is -1.31. The molecule has 1 saturated carbocycles. The SMILES string of the molecule is COc1ccc2c(c1)C1(C)CCCCC(C2)C1=O. The van der Waals surface area contributed by atoms with E-state index in [4.69, 9.17) is 4.74 Å². The molecule has 2 nitrogen and oxygen atoms in total. The lowest BCUT2D eigenvalue weighted by molar-refractivity contribution is -0.128. The lowest BCUT2D eigenvalue weighted by Gasteiger charge is -2.37. The highest BCUT2D eigenvalue weighted by Crippen LogP contribution is 2.45. The van der Waals surface area contributed by atoms with Crippen molar-refractivity contribution in [2.45, 2.75) is 44.4 Å². The third kappa shape index (κ3) is 1.58. The Bertz CT molecular complexity index is 492. The Morgan fingerprint density at radius 1 is 1.33 bits per heavy atom. The smallest absolute Gasteiger partial charge is 0.146 e. The van der Waals surface area contributed by atoms with Crippen LogP contribution in [0.5, 0.6) is 5.75 Å². The maximum atomic E-state index is 12.7. The third-order valence-corrected chi connectivity index (χ3v) is 4.77. The van der Waals surface area contributed by atoms with Crippen molar-refractivity contribution in [1.29, 1.82) is 0 Å². The maximum Gasteiger partial charge on any atom is 0.146 e. The summed E-state index contributed by atoms with van der Waals surface area (Å²) in [6.07, 6.45) is 5.34. The summed E-state index contributed by atoms with van der Waals surface area (Å²) >= 11 is 0. The van der Waals surface area contributed by atoms with E-state index < -0.39 is 0 Å². The van der Waals surface area contributed by atoms with Crippen LogP contribution in [0.2, 0.25) is 0 Å². The first kappa shape index (κ1) is 11.8. The Morgan fingerprint density at radius 2 is 2.17 bits per heavy atom. The largest absolute Gasteiger partial charge is 0.497 e. The van der Waals surface area contributed by atoms with Gasteiger partial charge in [0.25, 0.3) is 0 Å². The minimum atomic E-state index is -0.275. The van der Waals surface area contributed by atoms with E-state index in [2.05, 4.69) is 19.1 Å². The molecule has 2 bridgehead atoms. The summed E-state index contributed by atoms with van der Waals surface area (Å²) in [5, 5.41) is 0. The van der Waals surface area contributed by atoms with E-state index in [1.807, 2.05) is 6.07 Å². The number of ketones is 1. The van der Waals surface area contributed by atoms with Crippen molar-refractivity contribution < 1.29 is 9.53 Å². The Labute approximate surface area is 108 Å². The quantitative estimate of drug-likeness (QED) is 0.758. The van der Waals surface area contributed by atoms with Crippen LogP contribution in [0.3, 0.4) is 0 Å². The van der Waals surface area contributed by atoms with Gasteiger partial charge < -0.3 is 4.74 Å². The average molecular weight is 244 g/mol. The van der Waals surface area contributed by atoms with E-state index in [0.29, 0.717) is 5.78 Å². The van der Waals surface area contributed by atoms with Crippen LogP contribution in [0.1, 0.15) is 43.7 Å². The minimum Gasteiger partial charge on any atom is -0.497 e. The number of benzene rings is 1. The average Bonchev–Trinajstić information content (AvgIpc) is 2.48. The molecule has 0 radical (unpaired) electrons. The molecule has 0 N–H and O–H groups in total. The molecule has 0 amide bonds. The van der Waals surface area contributed by atoms with Crippen LogP contribution in [0.25, 0.3) is 0 Å². The van der Waals surface area contributed by atoms with Crippen molar-refractivity contribution >= 4 is 5.78 Å². The van der Waals surface area contributed by atoms with Crippen molar-refractivity contribution in [2.24, 2.45) is 5.92 Å². The predicted octanol–water partition coefficient (Wildman–Crippen LogP) is 3.27. The number of Topliss-reactive ketones (excluding diaryl/α,β-unsaturated/α-hetero) is 1. The lowest BCUT2D eigenvalue weighted by atomic mass is 9.65. The second-order valence-corrected chi connectivity index (χ2v) is 5.87. The monoisotopic (exact) mass is 244 g/mol. The van der Waals surface area contributed by atoms with Crippen LogP contribution in [-0.4, -0.2) is 12.9 Å². The molecule has 1 fully saturated rings. The van der Waals surface area contributed by atoms with Crippen molar-refractivity contribution in [3.05, 3.63) is 29.3 Å². The van der Waals surface area contributed by atoms with E-state index >= 15 is 0 Å². The molecule has 0 aliphatic heterocycles. The molecule has 2 aliphatic rings. The first-order valence-corrected chi connectivity index (χ1v) is 6.87. The Kier molecular flexibility index (Phi) is 2.69. The number of hydrogen-bond acceptors (Lipinski definition) is 2. The van der Waals surface area contributed by atoms with E-state index in [0.717, 1.165) is 31.4 Å². The number of methoxy groups -OCH3 is 1. The van der Waals surface area contributed by atoms with Crippen LogP contribution < -0.4 is 4.74 Å². The number of ether oxygens (including phenoxy) is 1. The zero-order chi connectivity index (χ0) is 12.8. The lowest BCUT2D eigenvalue weighted by Crippen LogP contribution is -2.41. The summed E-state index contributed by atoms with van der Waals surface area (Å²) in [6, 6.07) is 6.25. The van der Waals surface area contributed by atoms with Gasteiger partial charge >= 0.3 is 0 Å². The molecular formula is C16H20O2. The summed E-state index contributed by atoms with van der Waals surface area (Å²) in [7, 11) is 1.69. The van der Waals surface area contributed by atoms with Crippen molar-refractivity contribution in [3.8, 4) is 5.75 Å². The molecule has 3 rings (SSSR count). The first-order valence-electron chi connectivity index (χ1n) is 6.87. The molecule has 18 heavy (non-hydrogen) atoms. The second kappa shape index (κ2) is 4.11. The van der Waals surface area contributed by atoms with E-state index in [1.54, 1.807) is 7.11 Å². The van der Waals surface area contributed by atoms with Crippen molar-refractivity contribution in [2.75, 3.05) is 7.11 Å². The highest BCUT2D eigenvalue weighted by atomic mass is 16.5. The number of carbonyl (C=O) groups excluding carboxylic acids is 1. The predicted molar refractivity (Wildman–Crippen MR) is 71.0 cm³/mol. The zero-order valence-corrected chi connectivity index (χ0v) is 11.2. The molecule has 0 heterocycles. The second-order valence-electron chi connectivity index (χ2n) is 5.87. The fourth-order valence-electron chi connectivity index (χ4n) is 3.68. The van der Waals surface area contributed by atoms with Gasteiger partial charge in [0.1, 0.15) is 11.5 Å². The number of rotatable bonds is 1. The summed E-state index contributed by atoms with van der Waals surface area (Å²) in [4.78, 5) is 12.7. The van der Waals surface area contributed by atoms with Crippen LogP contribution in [0.4, 0.5) is 0 Å². The highest BCUT2D eigenvalue weighted by molar-refractivity contribution is 5.94.